The van der Waals surface area contributed by atoms with Gasteiger partial charge in [-0.15, -0.1) is 0 Å². The van der Waals surface area contributed by atoms with Gasteiger partial charge in [-0.25, -0.2) is 0 Å². The third kappa shape index (κ3) is 2.15. The van der Waals surface area contributed by atoms with Crippen LogP contribution in [0.15, 0.2) is 11.3 Å². The zero-order valence-corrected chi connectivity index (χ0v) is 14.1. The molecule has 0 unspecified atom stereocenters. The third-order valence-corrected chi connectivity index (χ3v) is 4.14. The van der Waals surface area contributed by atoms with Gasteiger partial charge in [-0.1, -0.05) is 0 Å². The molecule has 0 aliphatic carbocycles. The molecule has 3 heterocycles. The minimum Gasteiger partial charge on any atom is -0.543 e. The van der Waals surface area contributed by atoms with E-state index in [4.69, 9.17) is 4.74 Å². The van der Waals surface area contributed by atoms with Gasteiger partial charge in [0.1, 0.15) is 0 Å². The molecule has 6 nitrogen and oxygen atoms in total. The van der Waals surface area contributed by atoms with Crippen molar-refractivity contribution in [3.63, 3.8) is 0 Å². The van der Waals surface area contributed by atoms with Gasteiger partial charge in [0.05, 0.1) is 36.3 Å². The van der Waals surface area contributed by atoms with Gasteiger partial charge in [-0.05, 0) is 18.9 Å². The number of carbonyl (C=O) groups is 2. The number of amides is 1. The fourth-order valence-electron chi connectivity index (χ4n) is 3.39. The van der Waals surface area contributed by atoms with Crippen LogP contribution in [0.5, 0.6) is 0 Å². The van der Waals surface area contributed by atoms with Crippen LogP contribution in [-0.4, -0.2) is 47.2 Å². The van der Waals surface area contributed by atoms with Crippen LogP contribution in [0.25, 0.3) is 0 Å². The maximum absolute atomic E-state index is 11.9. The number of aliphatic hydroxyl groups excluding tert-OH is 1. The van der Waals surface area contributed by atoms with Gasteiger partial charge < -0.3 is 24.6 Å². The van der Waals surface area contributed by atoms with Crippen LogP contribution in [0.4, 0.5) is 0 Å². The Bertz CT molecular complexity index is 461. The van der Waals surface area contributed by atoms with Crippen LogP contribution >= 0.6 is 0 Å². The number of hydrogen-bond donors (Lipinski definition) is 1. The molecule has 0 aromatic heterocycles. The second kappa shape index (κ2) is 5.55. The Labute approximate surface area is 153 Å². The van der Waals surface area contributed by atoms with E-state index in [1.807, 2.05) is 0 Å². The Kier molecular flexibility index (Phi) is 4.57. The van der Waals surface area contributed by atoms with Crippen LogP contribution in [0.2, 0.25) is 0 Å². The van der Waals surface area contributed by atoms with Crippen molar-refractivity contribution in [2.24, 2.45) is 11.8 Å². The number of carboxylic acid groups (broad SMARTS) is 1. The average Bonchev–Trinajstić information content (AvgIpc) is 2.60. The molecular weight excluding hydrogens is 277 g/mol. The van der Waals surface area contributed by atoms with Gasteiger partial charge in [0.2, 0.25) is 5.91 Å². The molecule has 2 saturated heterocycles. The summed E-state index contributed by atoms with van der Waals surface area (Å²) >= 11 is 0. The van der Waals surface area contributed by atoms with E-state index in [2.05, 4.69) is 0 Å². The van der Waals surface area contributed by atoms with Gasteiger partial charge in [-0.2, -0.15) is 0 Å². The van der Waals surface area contributed by atoms with Crippen LogP contribution in [-0.2, 0) is 14.3 Å². The van der Waals surface area contributed by atoms with E-state index in [-0.39, 0.29) is 81.6 Å². The fourth-order valence-corrected chi connectivity index (χ4v) is 3.39. The van der Waals surface area contributed by atoms with Crippen molar-refractivity contribution in [1.82, 2.24) is 4.90 Å². The Morgan fingerprint density at radius 3 is 2.84 bits per heavy atom. The molecule has 0 saturated carbocycles. The molecular formula is C12H14KNO5. The summed E-state index contributed by atoms with van der Waals surface area (Å²) in [4.78, 5) is 24.4. The third-order valence-electron chi connectivity index (χ3n) is 4.14. The van der Waals surface area contributed by atoms with E-state index >= 15 is 0 Å². The van der Waals surface area contributed by atoms with E-state index < -0.39 is 18.0 Å². The van der Waals surface area contributed by atoms with E-state index in [9.17, 15) is 19.8 Å². The average molecular weight is 291 g/mol. The van der Waals surface area contributed by atoms with E-state index in [1.165, 1.54) is 4.90 Å². The molecule has 19 heavy (non-hydrogen) atoms. The summed E-state index contributed by atoms with van der Waals surface area (Å²) in [7, 11) is 0. The summed E-state index contributed by atoms with van der Waals surface area (Å²) < 4.78 is 5.27. The monoisotopic (exact) mass is 291 g/mol. The molecule has 0 bridgehead atoms. The molecule has 0 radical (unpaired) electrons. The van der Waals surface area contributed by atoms with Gasteiger partial charge in [0.15, 0.2) is 0 Å². The first kappa shape index (κ1) is 15.6. The smallest absolute Gasteiger partial charge is 0.543 e. The van der Waals surface area contributed by atoms with E-state index in [1.54, 1.807) is 6.92 Å². The quantitative estimate of drug-likeness (QED) is 0.408. The molecule has 1 amide bonds. The number of carbonyl (C=O) groups excluding carboxylic acids is 2. The molecule has 0 aromatic rings. The molecule has 0 spiro atoms. The second-order valence-corrected chi connectivity index (χ2v) is 5.07. The number of hydrogen-bond acceptors (Lipinski definition) is 5. The molecule has 3 aliphatic heterocycles. The van der Waals surface area contributed by atoms with Crippen molar-refractivity contribution in [2.45, 2.75) is 25.5 Å². The summed E-state index contributed by atoms with van der Waals surface area (Å²) in [6.45, 7) is 2.36. The molecule has 0 aromatic carbocycles. The van der Waals surface area contributed by atoms with Crippen molar-refractivity contribution >= 4 is 11.9 Å². The van der Waals surface area contributed by atoms with Gasteiger partial charge in [0, 0.05) is 12.5 Å². The van der Waals surface area contributed by atoms with Crippen molar-refractivity contribution in [3.8, 4) is 0 Å². The van der Waals surface area contributed by atoms with Crippen LogP contribution < -0.4 is 56.5 Å². The van der Waals surface area contributed by atoms with Crippen molar-refractivity contribution in [2.75, 3.05) is 13.2 Å². The zero-order chi connectivity index (χ0) is 13.0. The van der Waals surface area contributed by atoms with Crippen LogP contribution in [0.3, 0.4) is 0 Å². The number of ether oxygens (including phenoxy) is 1. The van der Waals surface area contributed by atoms with Crippen molar-refractivity contribution < 1.29 is 75.9 Å². The Balaban J connectivity index is 0.00000133. The van der Waals surface area contributed by atoms with Crippen LogP contribution in [0.1, 0.15) is 13.3 Å². The van der Waals surface area contributed by atoms with Gasteiger partial charge in [0.25, 0.3) is 0 Å². The predicted octanol–water partition coefficient (Wildman–Crippen LogP) is -4.75. The number of nitrogens with zero attached hydrogens (tertiary/aromatic N) is 1. The summed E-state index contributed by atoms with van der Waals surface area (Å²) in [5.74, 6) is -2.17. The molecule has 7 heteroatoms. The zero-order valence-electron chi connectivity index (χ0n) is 11.0. The number of aliphatic hydroxyl groups is 1. The van der Waals surface area contributed by atoms with Crippen molar-refractivity contribution in [3.05, 3.63) is 11.3 Å². The maximum atomic E-state index is 11.9. The Morgan fingerprint density at radius 1 is 1.58 bits per heavy atom. The summed E-state index contributed by atoms with van der Waals surface area (Å²) in [5, 5.41) is 20.8. The van der Waals surface area contributed by atoms with E-state index in [0.717, 1.165) is 0 Å². The maximum Gasteiger partial charge on any atom is 1.00 e. The molecule has 3 aliphatic rings. The van der Waals surface area contributed by atoms with Gasteiger partial charge in [-0.3, -0.25) is 4.79 Å². The normalized spacial score (nSPS) is 34.1. The Morgan fingerprint density at radius 2 is 2.26 bits per heavy atom. The first-order valence-corrected chi connectivity index (χ1v) is 6.07. The standard InChI is InChI=1S/C12H15NO5.K/c1-5(14)8-9-6-2-3-18-4-7(6)10(12(16)17)13(9)11(8)15;/h5-6,8-9,14H,2-4H2,1H3,(H,16,17);/q;+1/p-1/t5-,6+,8-,9-;/m1./s1. The summed E-state index contributed by atoms with van der Waals surface area (Å²) in [5.41, 5.74) is 0.606. The predicted molar refractivity (Wildman–Crippen MR) is 56.8 cm³/mol. The van der Waals surface area contributed by atoms with Gasteiger partial charge >= 0.3 is 51.4 Å². The largest absolute Gasteiger partial charge is 1.00 e. The number of aliphatic carboxylic acids is 1. The minimum atomic E-state index is -1.33. The fraction of sp³-hybridized carbons (Fsp3) is 0.667. The SMILES string of the molecule is C[C@@H](O)[C@H]1C(=O)N2C(C(=O)[O-])=C3COCC[C@@H]3[C@H]12.[K+]. The molecule has 2 fully saturated rings. The summed E-state index contributed by atoms with van der Waals surface area (Å²) in [6.07, 6.45) is -0.0759. The molecule has 3 rings (SSSR count). The first-order valence-electron chi connectivity index (χ1n) is 6.07. The Hall–Kier alpha value is 0.236. The number of rotatable bonds is 2. The first-order chi connectivity index (χ1) is 8.54. The van der Waals surface area contributed by atoms with E-state index in [0.29, 0.717) is 18.6 Å². The van der Waals surface area contributed by atoms with Crippen LogP contribution in [0, 0.1) is 11.8 Å². The van der Waals surface area contributed by atoms with Crippen molar-refractivity contribution in [1.29, 1.82) is 0 Å². The molecule has 98 valence electrons. The second-order valence-electron chi connectivity index (χ2n) is 5.07. The topological polar surface area (TPSA) is 89.9 Å². The number of carboxylic acids is 1. The molecule has 4 atom stereocenters. The molecule has 1 N–H and O–H groups in total. The summed E-state index contributed by atoms with van der Waals surface area (Å²) in [6, 6.07) is -0.232. The number of fused-ring (bicyclic) bond motifs is 3. The minimum absolute atomic E-state index is 0. The number of β-lactam (4-membered cyclic amide) rings is 1.